The van der Waals surface area contributed by atoms with Crippen LogP contribution in [0, 0.1) is 17.3 Å². The first-order valence-electron chi connectivity index (χ1n) is 12.3. The first-order chi connectivity index (χ1) is 15.0. The number of hydrogen-bond donors (Lipinski definition) is 2. The normalized spacial score (nSPS) is 24.0. The number of allylic oxidation sites excluding steroid dienone is 2. The van der Waals surface area contributed by atoms with Crippen LogP contribution in [0.25, 0.3) is 0 Å². The lowest BCUT2D eigenvalue weighted by Crippen LogP contribution is -2.37. The van der Waals surface area contributed by atoms with Gasteiger partial charge in [0.1, 0.15) is 0 Å². The minimum atomic E-state index is -1.13. The van der Waals surface area contributed by atoms with Crippen molar-refractivity contribution >= 4 is 15.0 Å². The zero-order chi connectivity index (χ0) is 23.8. The van der Waals surface area contributed by atoms with Crippen molar-refractivity contribution in [3.8, 4) is 0 Å². The molecule has 1 aliphatic rings. The summed E-state index contributed by atoms with van der Waals surface area (Å²) < 4.78 is 6.36. The van der Waals surface area contributed by atoms with E-state index in [1.54, 1.807) is 0 Å². The minimum Gasteiger partial charge on any atom is -0.481 e. The fourth-order valence-electron chi connectivity index (χ4n) is 4.93. The lowest BCUT2D eigenvalue weighted by Gasteiger charge is -2.35. The molecule has 4 atom stereocenters. The van der Waals surface area contributed by atoms with Gasteiger partial charge in [-0.25, -0.2) is 0 Å². The summed E-state index contributed by atoms with van der Waals surface area (Å²) in [6, 6.07) is 10.6. The van der Waals surface area contributed by atoms with Crippen LogP contribution in [0.15, 0.2) is 42.5 Å². The van der Waals surface area contributed by atoms with Gasteiger partial charge in [-0.1, -0.05) is 63.3 Å². The molecule has 0 amide bonds. The van der Waals surface area contributed by atoms with Crippen molar-refractivity contribution in [3.05, 3.63) is 48.0 Å². The third kappa shape index (κ3) is 9.20. The number of rotatable bonds is 11. The molecule has 5 heteroatoms. The van der Waals surface area contributed by atoms with Crippen molar-refractivity contribution in [2.45, 2.75) is 96.9 Å². The van der Waals surface area contributed by atoms with Gasteiger partial charge in [0.05, 0.1) is 18.1 Å². The molecular formula is C27H44O4Si. The van der Waals surface area contributed by atoms with Crippen LogP contribution < -0.4 is 0 Å². The van der Waals surface area contributed by atoms with Crippen molar-refractivity contribution in [3.63, 3.8) is 0 Å². The Labute approximate surface area is 196 Å². The lowest BCUT2D eigenvalue weighted by atomic mass is 9.74. The minimum absolute atomic E-state index is 0.151. The maximum Gasteiger partial charge on any atom is 0.306 e. The van der Waals surface area contributed by atoms with Gasteiger partial charge < -0.3 is 14.6 Å². The maximum absolute atomic E-state index is 11.1. The molecule has 1 fully saturated rings. The van der Waals surface area contributed by atoms with Gasteiger partial charge in [0, 0.05) is 0 Å². The van der Waals surface area contributed by atoms with Gasteiger partial charge in [-0.15, -0.1) is 0 Å². The van der Waals surface area contributed by atoms with E-state index < -0.39 is 20.6 Å². The highest BCUT2D eigenvalue weighted by atomic mass is 28.3. The van der Waals surface area contributed by atoms with E-state index in [-0.39, 0.29) is 23.9 Å². The Morgan fingerprint density at radius 2 is 1.94 bits per heavy atom. The highest BCUT2D eigenvalue weighted by Crippen LogP contribution is 2.38. The largest absolute Gasteiger partial charge is 0.481 e. The van der Waals surface area contributed by atoms with Crippen LogP contribution in [-0.2, 0) is 9.22 Å². The van der Waals surface area contributed by atoms with Gasteiger partial charge in [0.15, 0.2) is 9.04 Å². The maximum atomic E-state index is 11.1. The molecule has 180 valence electrons. The van der Waals surface area contributed by atoms with E-state index in [0.29, 0.717) is 18.8 Å². The van der Waals surface area contributed by atoms with Gasteiger partial charge in [-0.3, -0.25) is 4.79 Å². The van der Waals surface area contributed by atoms with Gasteiger partial charge in [0.25, 0.3) is 0 Å². The second kappa shape index (κ2) is 12.1. The van der Waals surface area contributed by atoms with E-state index >= 15 is 0 Å². The molecular weight excluding hydrogens is 416 g/mol. The van der Waals surface area contributed by atoms with E-state index in [0.717, 1.165) is 32.1 Å². The van der Waals surface area contributed by atoms with E-state index in [4.69, 9.17) is 9.53 Å². The Hall–Kier alpha value is -1.43. The van der Waals surface area contributed by atoms with E-state index in [1.165, 1.54) is 5.56 Å². The highest BCUT2D eigenvalue weighted by Gasteiger charge is 2.35. The summed E-state index contributed by atoms with van der Waals surface area (Å²) in [6.07, 6.45) is 10.9. The van der Waals surface area contributed by atoms with Gasteiger partial charge in [-0.05, 0) is 80.9 Å². The van der Waals surface area contributed by atoms with Crippen LogP contribution in [0.1, 0.15) is 83.8 Å². The first-order valence-corrected chi connectivity index (χ1v) is 15.1. The third-order valence-corrected chi connectivity index (χ3v) is 7.53. The highest BCUT2D eigenvalue weighted by molar-refractivity contribution is 6.48. The monoisotopic (exact) mass is 460 g/mol. The standard InChI is InChI=1S/C27H44O4Si/c1-26(2,3)23(17-16-21-11-10-18-27(30,19-21)20-25(28)29)14-9-15-24(31-32(4)5)22-12-7-6-8-13-22/h6-8,12-13,16-17,21,23-24,30,32H,9-11,14-15,18-20H2,1-5H3,(H,28,29)/t21-,23?,24?,27+/m1/s1. The Balaban J connectivity index is 1.99. The molecule has 0 heterocycles. The number of benzene rings is 1. The average molecular weight is 461 g/mol. The van der Waals surface area contributed by atoms with Crippen molar-refractivity contribution < 1.29 is 19.4 Å². The summed E-state index contributed by atoms with van der Waals surface area (Å²) in [7, 11) is -1.13. The van der Waals surface area contributed by atoms with Crippen LogP contribution in [0.3, 0.4) is 0 Å². The topological polar surface area (TPSA) is 66.8 Å². The fraction of sp³-hybridized carbons (Fsp3) is 0.667. The zero-order valence-electron chi connectivity index (χ0n) is 20.7. The molecule has 0 saturated heterocycles. The predicted octanol–water partition coefficient (Wildman–Crippen LogP) is 6.51. The molecule has 2 N–H and O–H groups in total. The van der Waals surface area contributed by atoms with E-state index in [1.807, 2.05) is 0 Å². The summed E-state index contributed by atoms with van der Waals surface area (Å²) in [6.45, 7) is 11.3. The summed E-state index contributed by atoms with van der Waals surface area (Å²) in [5.41, 5.74) is 0.367. The number of carboxylic acid groups (broad SMARTS) is 1. The summed E-state index contributed by atoms with van der Waals surface area (Å²) in [5, 5.41) is 19.8. The number of carboxylic acids is 1. The molecule has 2 rings (SSSR count). The molecule has 2 unspecified atom stereocenters. The smallest absolute Gasteiger partial charge is 0.306 e. The molecule has 1 aliphatic carbocycles. The Bertz CT molecular complexity index is 725. The van der Waals surface area contributed by atoms with Gasteiger partial charge >= 0.3 is 5.97 Å². The second-order valence-corrected chi connectivity index (χ2v) is 13.4. The SMILES string of the molecule is C[SiH](C)OC(CCCC(C=C[C@H]1CCC[C@@](O)(CC(=O)O)C1)C(C)(C)C)c1ccccc1. The molecule has 1 aromatic rings. The van der Waals surface area contributed by atoms with Crippen LogP contribution in [0.5, 0.6) is 0 Å². The Morgan fingerprint density at radius 1 is 1.25 bits per heavy atom. The summed E-state index contributed by atoms with van der Waals surface area (Å²) in [5.74, 6) is -0.223. The third-order valence-electron chi connectivity index (χ3n) is 6.66. The van der Waals surface area contributed by atoms with Crippen LogP contribution in [-0.4, -0.2) is 30.8 Å². The molecule has 1 aromatic carbocycles. The zero-order valence-corrected chi connectivity index (χ0v) is 21.9. The number of hydrogen-bond acceptors (Lipinski definition) is 3. The molecule has 1 saturated carbocycles. The van der Waals surface area contributed by atoms with Crippen LogP contribution in [0.4, 0.5) is 0 Å². The van der Waals surface area contributed by atoms with E-state index in [2.05, 4.69) is 76.3 Å². The number of aliphatic carboxylic acids is 1. The molecule has 0 bridgehead atoms. The molecule has 0 spiro atoms. The van der Waals surface area contributed by atoms with Gasteiger partial charge in [-0.2, -0.15) is 0 Å². The Kier molecular flexibility index (Phi) is 10.2. The predicted molar refractivity (Wildman–Crippen MR) is 134 cm³/mol. The average Bonchev–Trinajstić information content (AvgIpc) is 2.68. The van der Waals surface area contributed by atoms with Crippen molar-refractivity contribution in [1.82, 2.24) is 0 Å². The summed E-state index contributed by atoms with van der Waals surface area (Å²) in [4.78, 5) is 11.1. The summed E-state index contributed by atoms with van der Waals surface area (Å²) >= 11 is 0. The quantitative estimate of drug-likeness (QED) is 0.292. The van der Waals surface area contributed by atoms with Crippen molar-refractivity contribution in [2.24, 2.45) is 17.3 Å². The lowest BCUT2D eigenvalue weighted by molar-refractivity contribution is -0.144. The number of aliphatic hydroxyl groups is 1. The van der Waals surface area contributed by atoms with Crippen molar-refractivity contribution in [1.29, 1.82) is 0 Å². The van der Waals surface area contributed by atoms with Crippen molar-refractivity contribution in [2.75, 3.05) is 0 Å². The van der Waals surface area contributed by atoms with Crippen LogP contribution in [0.2, 0.25) is 13.1 Å². The Morgan fingerprint density at radius 3 is 2.53 bits per heavy atom. The van der Waals surface area contributed by atoms with Gasteiger partial charge in [0.2, 0.25) is 0 Å². The van der Waals surface area contributed by atoms with E-state index in [9.17, 15) is 9.90 Å². The number of carbonyl (C=O) groups is 1. The second-order valence-electron chi connectivity index (χ2n) is 11.0. The molecule has 0 radical (unpaired) electrons. The molecule has 32 heavy (non-hydrogen) atoms. The molecule has 0 aliphatic heterocycles. The molecule has 0 aromatic heterocycles. The first kappa shape index (κ1) is 26.8. The van der Waals surface area contributed by atoms with Crippen LogP contribution >= 0.6 is 0 Å². The fourth-order valence-corrected chi connectivity index (χ4v) is 5.88. The molecule has 4 nitrogen and oxygen atoms in total.